The Labute approximate surface area is 201 Å². The molecule has 3 aromatic rings. The van der Waals surface area contributed by atoms with Crippen molar-refractivity contribution in [2.45, 2.75) is 31.7 Å². The molecule has 0 aliphatic carbocycles. The number of benzene rings is 3. The van der Waals surface area contributed by atoms with Crippen LogP contribution in [0.25, 0.3) is 0 Å². The third-order valence-electron chi connectivity index (χ3n) is 5.74. The number of methoxy groups -OCH3 is 2. The third-order valence-corrected chi connectivity index (χ3v) is 7.52. The second kappa shape index (κ2) is 10.6. The maximum absolute atomic E-state index is 13.6. The van der Waals surface area contributed by atoms with Crippen molar-refractivity contribution in [1.29, 1.82) is 0 Å². The van der Waals surface area contributed by atoms with E-state index in [9.17, 15) is 13.2 Å². The van der Waals surface area contributed by atoms with Crippen LogP contribution in [0.4, 0.5) is 5.69 Å². The molecule has 1 N–H and O–H groups in total. The van der Waals surface area contributed by atoms with E-state index >= 15 is 0 Å². The van der Waals surface area contributed by atoms with E-state index in [2.05, 4.69) is 5.32 Å². The van der Waals surface area contributed by atoms with Gasteiger partial charge in [0.1, 0.15) is 18.0 Å². The molecule has 1 atom stereocenters. The van der Waals surface area contributed by atoms with Crippen LogP contribution in [0.2, 0.25) is 0 Å². The molecule has 0 saturated carbocycles. The van der Waals surface area contributed by atoms with E-state index in [-0.39, 0.29) is 11.4 Å². The van der Waals surface area contributed by atoms with Crippen LogP contribution >= 0.6 is 0 Å². The number of nitrogens with one attached hydrogen (secondary N) is 1. The fourth-order valence-corrected chi connectivity index (χ4v) is 5.20. The zero-order valence-corrected chi connectivity index (χ0v) is 20.8. The van der Waals surface area contributed by atoms with E-state index in [4.69, 9.17) is 9.47 Å². The van der Waals surface area contributed by atoms with Crippen LogP contribution in [0.5, 0.6) is 11.5 Å². The maximum Gasteiger partial charge on any atom is 0.264 e. The number of carbonyl (C=O) groups is 1. The Balaban J connectivity index is 1.94. The Hall–Kier alpha value is -3.52. The fraction of sp³-hybridized carbons (Fsp3) is 0.269. The number of hydrogen-bond donors (Lipinski definition) is 1. The Morgan fingerprint density at radius 3 is 2.32 bits per heavy atom. The van der Waals surface area contributed by atoms with Gasteiger partial charge in [-0.05, 0) is 68.3 Å². The number of hydrogen-bond acceptors (Lipinski definition) is 5. The summed E-state index contributed by atoms with van der Waals surface area (Å²) >= 11 is 0. The molecule has 3 aromatic carbocycles. The number of ether oxygens (including phenoxy) is 2. The third kappa shape index (κ3) is 5.34. The topological polar surface area (TPSA) is 84.9 Å². The Kier molecular flexibility index (Phi) is 7.83. The molecule has 34 heavy (non-hydrogen) atoms. The van der Waals surface area contributed by atoms with Crippen molar-refractivity contribution >= 4 is 21.6 Å². The average Bonchev–Trinajstić information content (AvgIpc) is 2.84. The summed E-state index contributed by atoms with van der Waals surface area (Å²) in [6.45, 7) is 5.18. The summed E-state index contributed by atoms with van der Waals surface area (Å²) in [7, 11) is -0.874. The van der Waals surface area contributed by atoms with Crippen molar-refractivity contribution in [3.8, 4) is 11.5 Å². The first-order chi connectivity index (χ1) is 16.2. The molecule has 0 unspecified atom stereocenters. The largest absolute Gasteiger partial charge is 0.497 e. The Morgan fingerprint density at radius 1 is 0.971 bits per heavy atom. The van der Waals surface area contributed by atoms with Gasteiger partial charge >= 0.3 is 0 Å². The number of amides is 1. The number of carbonyl (C=O) groups excluding carboxylic acids is 1. The highest BCUT2D eigenvalue weighted by Crippen LogP contribution is 2.30. The zero-order chi connectivity index (χ0) is 24.9. The summed E-state index contributed by atoms with van der Waals surface area (Å²) < 4.78 is 39.0. The summed E-state index contributed by atoms with van der Waals surface area (Å²) in [6.07, 6.45) is 0. The van der Waals surface area contributed by atoms with Crippen LogP contribution in [0.3, 0.4) is 0 Å². The molecule has 0 saturated heterocycles. The van der Waals surface area contributed by atoms with E-state index < -0.39 is 22.0 Å². The van der Waals surface area contributed by atoms with Gasteiger partial charge in [-0.15, -0.1) is 0 Å². The first-order valence-corrected chi connectivity index (χ1v) is 12.3. The SMILES string of the molecule is COc1ccc(OC)c([C@H](C)NC(=O)CN(c2cccc(C)c2C)S(=O)(=O)c2ccccc2)c1. The number of anilines is 1. The highest BCUT2D eigenvalue weighted by molar-refractivity contribution is 7.92. The molecule has 0 fully saturated rings. The lowest BCUT2D eigenvalue weighted by Gasteiger charge is -2.27. The lowest BCUT2D eigenvalue weighted by molar-refractivity contribution is -0.120. The van der Waals surface area contributed by atoms with Gasteiger partial charge in [-0.2, -0.15) is 0 Å². The van der Waals surface area contributed by atoms with Gasteiger partial charge in [0.15, 0.2) is 0 Å². The van der Waals surface area contributed by atoms with Gasteiger partial charge in [0, 0.05) is 5.56 Å². The van der Waals surface area contributed by atoms with E-state index in [0.717, 1.165) is 21.0 Å². The van der Waals surface area contributed by atoms with Crippen molar-refractivity contribution in [2.24, 2.45) is 0 Å². The molecule has 0 aromatic heterocycles. The van der Waals surface area contributed by atoms with Crippen LogP contribution in [0.15, 0.2) is 71.6 Å². The quantitative estimate of drug-likeness (QED) is 0.489. The lowest BCUT2D eigenvalue weighted by Crippen LogP contribution is -2.42. The van der Waals surface area contributed by atoms with E-state index in [1.54, 1.807) is 62.8 Å². The molecule has 0 spiro atoms. The Bertz CT molecular complexity index is 1260. The van der Waals surface area contributed by atoms with Gasteiger partial charge in [0.25, 0.3) is 10.0 Å². The van der Waals surface area contributed by atoms with Crippen molar-refractivity contribution in [1.82, 2.24) is 5.32 Å². The molecule has 8 heteroatoms. The minimum atomic E-state index is -3.98. The van der Waals surface area contributed by atoms with Crippen LogP contribution in [0, 0.1) is 13.8 Å². The number of aryl methyl sites for hydroxylation is 1. The average molecular weight is 483 g/mol. The van der Waals surface area contributed by atoms with Crippen molar-refractivity contribution in [2.75, 3.05) is 25.1 Å². The van der Waals surface area contributed by atoms with Crippen LogP contribution in [0.1, 0.15) is 29.7 Å². The fourth-order valence-electron chi connectivity index (χ4n) is 3.70. The second-order valence-electron chi connectivity index (χ2n) is 7.94. The standard InChI is InChI=1S/C26H30N2O5S/c1-18-10-9-13-24(19(18)2)28(34(30,31)22-11-7-6-8-12-22)17-26(29)27-20(3)23-16-21(32-4)14-15-25(23)33-5/h6-16,20H,17H2,1-5H3,(H,27,29)/t20-/m0/s1. The van der Waals surface area contributed by atoms with Crippen molar-refractivity contribution in [3.63, 3.8) is 0 Å². The van der Waals surface area contributed by atoms with E-state index in [0.29, 0.717) is 17.2 Å². The van der Waals surface area contributed by atoms with Gasteiger partial charge in [-0.1, -0.05) is 30.3 Å². The highest BCUT2D eigenvalue weighted by Gasteiger charge is 2.29. The summed E-state index contributed by atoms with van der Waals surface area (Å²) in [4.78, 5) is 13.3. The molecular weight excluding hydrogens is 452 g/mol. The molecule has 0 aliphatic heterocycles. The molecule has 0 aliphatic rings. The van der Waals surface area contributed by atoms with Crippen LogP contribution in [-0.2, 0) is 14.8 Å². The van der Waals surface area contributed by atoms with Gasteiger partial charge in [-0.3, -0.25) is 9.10 Å². The van der Waals surface area contributed by atoms with E-state index in [1.165, 1.54) is 12.1 Å². The van der Waals surface area contributed by atoms with Crippen LogP contribution < -0.4 is 19.1 Å². The number of nitrogens with zero attached hydrogens (tertiary/aromatic N) is 1. The first kappa shape index (κ1) is 25.1. The highest BCUT2D eigenvalue weighted by atomic mass is 32.2. The minimum absolute atomic E-state index is 0.117. The van der Waals surface area contributed by atoms with Crippen LogP contribution in [-0.4, -0.2) is 35.1 Å². The summed E-state index contributed by atoms with van der Waals surface area (Å²) in [5.41, 5.74) is 2.91. The van der Waals surface area contributed by atoms with Gasteiger partial charge in [0.05, 0.1) is 30.8 Å². The molecule has 1 amide bonds. The van der Waals surface area contributed by atoms with Crippen molar-refractivity contribution < 1.29 is 22.7 Å². The molecule has 0 radical (unpaired) electrons. The summed E-state index contributed by atoms with van der Waals surface area (Å²) in [5.74, 6) is 0.773. The normalized spacial score (nSPS) is 12.0. The second-order valence-corrected chi connectivity index (χ2v) is 9.80. The maximum atomic E-state index is 13.6. The predicted molar refractivity (Wildman–Crippen MR) is 133 cm³/mol. The van der Waals surface area contributed by atoms with Gasteiger partial charge in [-0.25, -0.2) is 8.42 Å². The van der Waals surface area contributed by atoms with Gasteiger partial charge < -0.3 is 14.8 Å². The summed E-state index contributed by atoms with van der Waals surface area (Å²) in [6, 6.07) is 18.4. The van der Waals surface area contributed by atoms with E-state index in [1.807, 2.05) is 26.8 Å². The minimum Gasteiger partial charge on any atom is -0.497 e. The molecule has 0 bridgehead atoms. The monoisotopic (exact) mass is 482 g/mol. The molecule has 7 nitrogen and oxygen atoms in total. The summed E-state index contributed by atoms with van der Waals surface area (Å²) in [5, 5.41) is 2.90. The zero-order valence-electron chi connectivity index (χ0n) is 20.0. The van der Waals surface area contributed by atoms with Gasteiger partial charge in [0.2, 0.25) is 5.91 Å². The Morgan fingerprint density at radius 2 is 1.68 bits per heavy atom. The molecule has 3 rings (SSSR count). The molecular formula is C26H30N2O5S. The molecule has 0 heterocycles. The smallest absolute Gasteiger partial charge is 0.264 e. The first-order valence-electron chi connectivity index (χ1n) is 10.8. The molecule has 180 valence electrons. The van der Waals surface area contributed by atoms with Crippen molar-refractivity contribution in [3.05, 3.63) is 83.4 Å². The number of sulfonamides is 1. The lowest BCUT2D eigenvalue weighted by atomic mass is 10.1. The predicted octanol–water partition coefficient (Wildman–Crippen LogP) is 4.39. The number of rotatable bonds is 9.